The molecule has 0 amide bonds. The van der Waals surface area contributed by atoms with Crippen molar-refractivity contribution in [3.63, 3.8) is 0 Å². The molecule has 1 aromatic carbocycles. The van der Waals surface area contributed by atoms with Crippen molar-refractivity contribution in [1.29, 1.82) is 0 Å². The molecule has 0 radical (unpaired) electrons. The lowest BCUT2D eigenvalue weighted by Crippen LogP contribution is -2.46. The molecule has 1 saturated carbocycles. The number of hydrogen-bond acceptors (Lipinski definition) is 2. The topological polar surface area (TPSA) is 35.2 Å². The van der Waals surface area contributed by atoms with E-state index in [1.165, 1.54) is 13.2 Å². The van der Waals surface area contributed by atoms with Crippen LogP contribution in [0.3, 0.4) is 0 Å². The fourth-order valence-electron chi connectivity index (χ4n) is 2.69. The maximum atomic E-state index is 13.2. The standard InChI is InChI=1S/C14H18F3NO/c1-12(2,18)13(6-7-13)10-5-4-9(19-3)8-11(10)14(15,16)17/h4-5,8H,6-7,18H2,1-3H3. The average molecular weight is 273 g/mol. The minimum Gasteiger partial charge on any atom is -0.497 e. The molecular weight excluding hydrogens is 255 g/mol. The first-order chi connectivity index (χ1) is 8.62. The zero-order valence-electron chi connectivity index (χ0n) is 11.3. The Kier molecular flexibility index (Phi) is 3.08. The monoisotopic (exact) mass is 273 g/mol. The van der Waals surface area contributed by atoms with Gasteiger partial charge in [0.2, 0.25) is 0 Å². The fraction of sp³-hybridized carbons (Fsp3) is 0.571. The van der Waals surface area contributed by atoms with Crippen LogP contribution in [-0.4, -0.2) is 12.6 Å². The summed E-state index contributed by atoms with van der Waals surface area (Å²) in [6.45, 7) is 3.56. The molecule has 0 saturated heterocycles. The fourth-order valence-corrected chi connectivity index (χ4v) is 2.69. The van der Waals surface area contributed by atoms with Crippen molar-refractivity contribution in [2.75, 3.05) is 7.11 Å². The first-order valence-corrected chi connectivity index (χ1v) is 6.16. The van der Waals surface area contributed by atoms with E-state index in [0.29, 0.717) is 12.8 Å². The molecule has 1 fully saturated rings. The zero-order chi connectivity index (χ0) is 14.5. The molecule has 0 spiro atoms. The quantitative estimate of drug-likeness (QED) is 0.915. The van der Waals surface area contributed by atoms with Crippen LogP contribution in [0, 0.1) is 0 Å². The van der Waals surface area contributed by atoms with Gasteiger partial charge in [0.05, 0.1) is 12.7 Å². The van der Waals surface area contributed by atoms with E-state index in [1.807, 2.05) is 0 Å². The number of rotatable bonds is 3. The minimum absolute atomic E-state index is 0.210. The van der Waals surface area contributed by atoms with Crippen molar-refractivity contribution < 1.29 is 17.9 Å². The number of methoxy groups -OCH3 is 1. The highest BCUT2D eigenvalue weighted by molar-refractivity contribution is 5.47. The molecule has 106 valence electrons. The SMILES string of the molecule is COc1ccc(C2(C(C)(C)N)CC2)c(C(F)(F)F)c1. The summed E-state index contributed by atoms with van der Waals surface area (Å²) in [5, 5.41) is 0. The largest absolute Gasteiger partial charge is 0.497 e. The predicted octanol–water partition coefficient (Wildman–Crippen LogP) is 3.48. The Morgan fingerprint density at radius 3 is 2.16 bits per heavy atom. The van der Waals surface area contributed by atoms with E-state index >= 15 is 0 Å². The van der Waals surface area contributed by atoms with E-state index in [9.17, 15) is 13.2 Å². The van der Waals surface area contributed by atoms with Gasteiger partial charge in [-0.3, -0.25) is 0 Å². The van der Waals surface area contributed by atoms with E-state index < -0.39 is 22.7 Å². The molecule has 2 N–H and O–H groups in total. The summed E-state index contributed by atoms with van der Waals surface area (Å²) >= 11 is 0. The Morgan fingerprint density at radius 2 is 1.79 bits per heavy atom. The van der Waals surface area contributed by atoms with Gasteiger partial charge >= 0.3 is 6.18 Å². The Balaban J connectivity index is 2.59. The first-order valence-electron chi connectivity index (χ1n) is 6.16. The lowest BCUT2D eigenvalue weighted by molar-refractivity contribution is -0.138. The molecule has 0 bridgehead atoms. The number of benzene rings is 1. The number of hydrogen-bond donors (Lipinski definition) is 1. The maximum absolute atomic E-state index is 13.2. The van der Waals surface area contributed by atoms with Crippen LogP contribution in [0.1, 0.15) is 37.8 Å². The molecule has 2 nitrogen and oxygen atoms in total. The van der Waals surface area contributed by atoms with Crippen LogP contribution >= 0.6 is 0 Å². The van der Waals surface area contributed by atoms with Gasteiger partial charge in [0.1, 0.15) is 5.75 Å². The third-order valence-corrected chi connectivity index (χ3v) is 4.03. The van der Waals surface area contributed by atoms with Crippen molar-refractivity contribution in [3.05, 3.63) is 29.3 Å². The smallest absolute Gasteiger partial charge is 0.416 e. The molecule has 0 aromatic heterocycles. The van der Waals surface area contributed by atoms with Gasteiger partial charge in [-0.15, -0.1) is 0 Å². The molecule has 2 rings (SSSR count). The molecule has 0 unspecified atom stereocenters. The van der Waals surface area contributed by atoms with Gasteiger partial charge in [-0.05, 0) is 44.4 Å². The van der Waals surface area contributed by atoms with Gasteiger partial charge in [0.15, 0.2) is 0 Å². The van der Waals surface area contributed by atoms with Crippen LogP contribution < -0.4 is 10.5 Å². The lowest BCUT2D eigenvalue weighted by Gasteiger charge is -2.33. The summed E-state index contributed by atoms with van der Waals surface area (Å²) in [5.41, 5.74) is 4.48. The van der Waals surface area contributed by atoms with Crippen molar-refractivity contribution >= 4 is 0 Å². The summed E-state index contributed by atoms with van der Waals surface area (Å²) in [7, 11) is 1.36. The Bertz CT molecular complexity index is 484. The van der Waals surface area contributed by atoms with E-state index in [1.54, 1.807) is 19.9 Å². The van der Waals surface area contributed by atoms with Gasteiger partial charge < -0.3 is 10.5 Å². The average Bonchev–Trinajstić information content (AvgIpc) is 3.07. The second-order valence-corrected chi connectivity index (χ2v) is 5.71. The van der Waals surface area contributed by atoms with E-state index in [0.717, 1.165) is 6.07 Å². The molecule has 1 aromatic rings. The highest BCUT2D eigenvalue weighted by atomic mass is 19.4. The number of nitrogens with two attached hydrogens (primary N) is 1. The highest BCUT2D eigenvalue weighted by Crippen LogP contribution is 2.57. The van der Waals surface area contributed by atoms with Gasteiger partial charge in [-0.25, -0.2) is 0 Å². The zero-order valence-corrected chi connectivity index (χ0v) is 11.3. The molecule has 1 aliphatic carbocycles. The van der Waals surface area contributed by atoms with Crippen LogP contribution in [0.4, 0.5) is 13.2 Å². The Hall–Kier alpha value is -1.23. The van der Waals surface area contributed by atoms with Gasteiger partial charge in [-0.1, -0.05) is 6.07 Å². The third-order valence-electron chi connectivity index (χ3n) is 4.03. The molecule has 19 heavy (non-hydrogen) atoms. The van der Waals surface area contributed by atoms with E-state index in [2.05, 4.69) is 0 Å². The molecule has 1 aliphatic rings. The molecule has 0 heterocycles. The van der Waals surface area contributed by atoms with Crippen LogP contribution in [0.2, 0.25) is 0 Å². The number of alkyl halides is 3. The predicted molar refractivity (Wildman–Crippen MR) is 67.2 cm³/mol. The van der Waals surface area contributed by atoms with Crippen molar-refractivity contribution in [3.8, 4) is 5.75 Å². The van der Waals surface area contributed by atoms with Crippen LogP contribution in [0.25, 0.3) is 0 Å². The lowest BCUT2D eigenvalue weighted by atomic mass is 9.77. The van der Waals surface area contributed by atoms with Gasteiger partial charge in [-0.2, -0.15) is 13.2 Å². The molecule has 5 heteroatoms. The highest BCUT2D eigenvalue weighted by Gasteiger charge is 2.56. The van der Waals surface area contributed by atoms with Crippen molar-refractivity contribution in [1.82, 2.24) is 0 Å². The van der Waals surface area contributed by atoms with Crippen LogP contribution in [0.15, 0.2) is 18.2 Å². The van der Waals surface area contributed by atoms with E-state index in [-0.39, 0.29) is 11.3 Å². The molecule has 0 aliphatic heterocycles. The van der Waals surface area contributed by atoms with Crippen LogP contribution in [0.5, 0.6) is 5.75 Å². The van der Waals surface area contributed by atoms with Gasteiger partial charge in [0, 0.05) is 11.0 Å². The first kappa shape index (κ1) is 14.2. The minimum atomic E-state index is -4.40. The number of halogens is 3. The maximum Gasteiger partial charge on any atom is 0.416 e. The van der Waals surface area contributed by atoms with Crippen molar-refractivity contribution in [2.24, 2.45) is 5.73 Å². The summed E-state index contributed by atoms with van der Waals surface area (Å²) < 4.78 is 44.5. The summed E-state index contributed by atoms with van der Waals surface area (Å²) in [5.74, 6) is 0.210. The summed E-state index contributed by atoms with van der Waals surface area (Å²) in [6.07, 6.45) is -3.03. The second kappa shape index (κ2) is 4.13. The third kappa shape index (κ3) is 2.31. The normalized spacial score (nSPS) is 18.3. The van der Waals surface area contributed by atoms with E-state index in [4.69, 9.17) is 10.5 Å². The molecular formula is C14H18F3NO. The molecule has 0 atom stereocenters. The summed E-state index contributed by atoms with van der Waals surface area (Å²) in [4.78, 5) is 0. The van der Waals surface area contributed by atoms with Crippen molar-refractivity contribution in [2.45, 2.75) is 43.8 Å². The number of ether oxygens (including phenoxy) is 1. The Labute approximate surface area is 110 Å². The van der Waals surface area contributed by atoms with Crippen LogP contribution in [-0.2, 0) is 11.6 Å². The van der Waals surface area contributed by atoms with Gasteiger partial charge in [0.25, 0.3) is 0 Å². The summed E-state index contributed by atoms with van der Waals surface area (Å²) in [6, 6.07) is 4.13. The Morgan fingerprint density at radius 1 is 1.21 bits per heavy atom. The second-order valence-electron chi connectivity index (χ2n) is 5.71.